The smallest absolute Gasteiger partial charge is 0.166 e. The molecule has 4 heteroatoms. The molecule has 0 spiro atoms. The van der Waals surface area contributed by atoms with Gasteiger partial charge >= 0.3 is 0 Å². The Morgan fingerprint density at radius 1 is 1.53 bits per heavy atom. The van der Waals surface area contributed by atoms with Crippen LogP contribution in [0.2, 0.25) is 0 Å². The van der Waals surface area contributed by atoms with Crippen LogP contribution < -0.4 is 0 Å². The Balaban J connectivity index is 1.84. The van der Waals surface area contributed by atoms with E-state index in [0.29, 0.717) is 18.9 Å². The lowest BCUT2D eigenvalue weighted by atomic mass is 9.91. The summed E-state index contributed by atoms with van der Waals surface area (Å²) in [5.74, 6) is 0.185. The zero-order valence-corrected chi connectivity index (χ0v) is 10.8. The second-order valence-electron chi connectivity index (χ2n) is 5.52. The first-order valence-corrected chi connectivity index (χ1v) is 6.48. The maximum Gasteiger partial charge on any atom is 0.166 e. The SMILES string of the molecule is CN1CCCC(CC2(C)OCC(CC#N)O2)C1. The quantitative estimate of drug-likeness (QED) is 0.751. The van der Waals surface area contributed by atoms with E-state index in [-0.39, 0.29) is 6.10 Å². The zero-order valence-electron chi connectivity index (χ0n) is 10.8. The highest BCUT2D eigenvalue weighted by atomic mass is 16.7. The number of piperidine rings is 1. The zero-order chi connectivity index (χ0) is 12.3. The van der Waals surface area contributed by atoms with E-state index >= 15 is 0 Å². The van der Waals surface area contributed by atoms with Crippen molar-refractivity contribution in [1.82, 2.24) is 4.90 Å². The van der Waals surface area contributed by atoms with E-state index < -0.39 is 5.79 Å². The van der Waals surface area contributed by atoms with Crippen LogP contribution in [-0.2, 0) is 9.47 Å². The molecule has 2 fully saturated rings. The van der Waals surface area contributed by atoms with Crippen molar-refractivity contribution in [2.45, 2.75) is 44.5 Å². The number of ether oxygens (including phenoxy) is 2. The van der Waals surface area contributed by atoms with E-state index in [0.717, 1.165) is 13.0 Å². The highest BCUT2D eigenvalue weighted by Gasteiger charge is 2.39. The van der Waals surface area contributed by atoms with Crippen molar-refractivity contribution in [3.05, 3.63) is 0 Å². The Kier molecular flexibility index (Phi) is 4.03. The second-order valence-corrected chi connectivity index (χ2v) is 5.52. The average molecular weight is 238 g/mol. The molecule has 3 atom stereocenters. The molecule has 0 aromatic carbocycles. The molecule has 2 heterocycles. The topological polar surface area (TPSA) is 45.5 Å². The van der Waals surface area contributed by atoms with Crippen LogP contribution in [0.15, 0.2) is 0 Å². The molecule has 0 aliphatic carbocycles. The van der Waals surface area contributed by atoms with E-state index in [1.807, 2.05) is 6.92 Å². The van der Waals surface area contributed by atoms with Crippen LogP contribution in [0.4, 0.5) is 0 Å². The van der Waals surface area contributed by atoms with Gasteiger partial charge in [-0.15, -0.1) is 0 Å². The number of nitrogens with zero attached hydrogens (tertiary/aromatic N) is 2. The number of nitriles is 1. The van der Waals surface area contributed by atoms with Crippen LogP contribution in [0.5, 0.6) is 0 Å². The number of hydrogen-bond donors (Lipinski definition) is 0. The lowest BCUT2D eigenvalue weighted by molar-refractivity contribution is -0.168. The van der Waals surface area contributed by atoms with Crippen LogP contribution in [-0.4, -0.2) is 43.5 Å². The predicted octanol–water partition coefficient (Wildman–Crippen LogP) is 1.76. The highest BCUT2D eigenvalue weighted by Crippen LogP contribution is 2.33. The van der Waals surface area contributed by atoms with Gasteiger partial charge in [0.05, 0.1) is 25.2 Å². The summed E-state index contributed by atoms with van der Waals surface area (Å²) in [7, 11) is 2.17. The van der Waals surface area contributed by atoms with Gasteiger partial charge in [-0.05, 0) is 39.3 Å². The maximum absolute atomic E-state index is 8.66. The van der Waals surface area contributed by atoms with Crippen molar-refractivity contribution in [3.8, 4) is 6.07 Å². The van der Waals surface area contributed by atoms with Crippen molar-refractivity contribution in [3.63, 3.8) is 0 Å². The van der Waals surface area contributed by atoms with Crippen molar-refractivity contribution in [2.75, 3.05) is 26.7 Å². The first-order valence-electron chi connectivity index (χ1n) is 6.48. The molecule has 2 rings (SSSR count). The largest absolute Gasteiger partial charge is 0.347 e. The van der Waals surface area contributed by atoms with Gasteiger partial charge in [0, 0.05) is 13.0 Å². The van der Waals surface area contributed by atoms with Crippen LogP contribution >= 0.6 is 0 Å². The van der Waals surface area contributed by atoms with Crippen LogP contribution in [0.3, 0.4) is 0 Å². The van der Waals surface area contributed by atoms with Gasteiger partial charge in [0.1, 0.15) is 0 Å². The third kappa shape index (κ3) is 3.41. The van der Waals surface area contributed by atoms with Gasteiger partial charge in [0.25, 0.3) is 0 Å². The lowest BCUT2D eigenvalue weighted by Crippen LogP contribution is -2.38. The molecule has 17 heavy (non-hydrogen) atoms. The highest BCUT2D eigenvalue weighted by molar-refractivity contribution is 4.85. The molecule has 2 aliphatic rings. The summed E-state index contributed by atoms with van der Waals surface area (Å²) >= 11 is 0. The molecule has 2 saturated heterocycles. The monoisotopic (exact) mass is 238 g/mol. The normalized spacial score (nSPS) is 39.1. The average Bonchev–Trinajstić information content (AvgIpc) is 2.60. The molecule has 0 aromatic rings. The summed E-state index contributed by atoms with van der Waals surface area (Å²) in [6, 6.07) is 2.14. The fourth-order valence-electron chi connectivity index (χ4n) is 2.96. The summed E-state index contributed by atoms with van der Waals surface area (Å²) in [5.41, 5.74) is 0. The van der Waals surface area contributed by atoms with Crippen LogP contribution in [0.1, 0.15) is 32.6 Å². The fourth-order valence-corrected chi connectivity index (χ4v) is 2.96. The Morgan fingerprint density at radius 2 is 2.35 bits per heavy atom. The van der Waals surface area contributed by atoms with Crippen molar-refractivity contribution in [1.29, 1.82) is 5.26 Å². The second kappa shape index (κ2) is 5.34. The van der Waals surface area contributed by atoms with Crippen molar-refractivity contribution in [2.24, 2.45) is 5.92 Å². The molecule has 3 unspecified atom stereocenters. The van der Waals surface area contributed by atoms with Crippen LogP contribution in [0, 0.1) is 17.2 Å². The third-order valence-corrected chi connectivity index (χ3v) is 3.69. The van der Waals surface area contributed by atoms with E-state index in [1.54, 1.807) is 0 Å². The molecule has 0 N–H and O–H groups in total. The van der Waals surface area contributed by atoms with E-state index in [1.165, 1.54) is 19.4 Å². The van der Waals surface area contributed by atoms with Gasteiger partial charge in [-0.1, -0.05) is 0 Å². The van der Waals surface area contributed by atoms with Gasteiger partial charge in [-0.2, -0.15) is 5.26 Å². The van der Waals surface area contributed by atoms with Gasteiger partial charge in [-0.25, -0.2) is 0 Å². The standard InChI is InChI=1S/C13H22N2O2/c1-13(16-10-12(17-13)5-6-14)8-11-4-3-7-15(2)9-11/h11-12H,3-5,7-10H2,1-2H3. The Morgan fingerprint density at radius 3 is 3.06 bits per heavy atom. The molecule has 0 aromatic heterocycles. The summed E-state index contributed by atoms with van der Waals surface area (Å²) in [6.45, 7) is 4.91. The minimum atomic E-state index is -0.468. The Labute approximate surface area is 103 Å². The molecule has 0 saturated carbocycles. The fraction of sp³-hybridized carbons (Fsp3) is 0.923. The number of likely N-dealkylation sites (tertiary alicyclic amines) is 1. The summed E-state index contributed by atoms with van der Waals surface area (Å²) in [6.07, 6.45) is 3.86. The lowest BCUT2D eigenvalue weighted by Gasteiger charge is -2.34. The van der Waals surface area contributed by atoms with Gasteiger partial charge in [0.15, 0.2) is 5.79 Å². The first-order chi connectivity index (χ1) is 8.11. The predicted molar refractivity (Wildman–Crippen MR) is 64.3 cm³/mol. The Bertz CT molecular complexity index is 302. The number of hydrogen-bond acceptors (Lipinski definition) is 4. The third-order valence-electron chi connectivity index (χ3n) is 3.69. The molecule has 96 valence electrons. The molecule has 0 bridgehead atoms. The summed E-state index contributed by atoms with van der Waals surface area (Å²) in [5, 5.41) is 8.66. The summed E-state index contributed by atoms with van der Waals surface area (Å²) < 4.78 is 11.6. The van der Waals surface area contributed by atoms with E-state index in [4.69, 9.17) is 14.7 Å². The van der Waals surface area contributed by atoms with Gasteiger partial charge in [-0.3, -0.25) is 0 Å². The first kappa shape index (κ1) is 12.8. The van der Waals surface area contributed by atoms with E-state index in [9.17, 15) is 0 Å². The molecule has 0 radical (unpaired) electrons. The minimum Gasteiger partial charge on any atom is -0.347 e. The molecule has 4 nitrogen and oxygen atoms in total. The van der Waals surface area contributed by atoms with Crippen molar-refractivity contribution < 1.29 is 9.47 Å². The Hall–Kier alpha value is -0.630. The van der Waals surface area contributed by atoms with Gasteiger partial charge in [0.2, 0.25) is 0 Å². The minimum absolute atomic E-state index is 0.0358. The molecular formula is C13H22N2O2. The molecular weight excluding hydrogens is 216 g/mol. The van der Waals surface area contributed by atoms with Crippen molar-refractivity contribution >= 4 is 0 Å². The molecule has 0 amide bonds. The van der Waals surface area contributed by atoms with Crippen LogP contribution in [0.25, 0.3) is 0 Å². The summed E-state index contributed by atoms with van der Waals surface area (Å²) in [4.78, 5) is 2.37. The van der Waals surface area contributed by atoms with E-state index in [2.05, 4.69) is 18.0 Å². The van der Waals surface area contributed by atoms with Gasteiger partial charge < -0.3 is 14.4 Å². The maximum atomic E-state index is 8.66. The molecule has 2 aliphatic heterocycles. The number of rotatable bonds is 3.